The zero-order valence-corrected chi connectivity index (χ0v) is 16.2. The molecule has 0 bridgehead atoms. The predicted octanol–water partition coefficient (Wildman–Crippen LogP) is 3.78. The number of alkyl halides is 6. The number of ether oxygens (including phenoxy) is 1. The Bertz CT molecular complexity index is 1000. The summed E-state index contributed by atoms with van der Waals surface area (Å²) in [7, 11) is -1.99. The van der Waals surface area contributed by atoms with Crippen molar-refractivity contribution in [1.82, 2.24) is 9.29 Å². The number of aromatic nitrogens is 1. The Labute approximate surface area is 166 Å². The van der Waals surface area contributed by atoms with Crippen LogP contribution in [0.4, 0.5) is 36.4 Å². The minimum Gasteiger partial charge on any atom is -0.356 e. The Hall–Kier alpha value is -2.32. The van der Waals surface area contributed by atoms with Gasteiger partial charge in [0.15, 0.2) is 6.23 Å². The standard InChI is InChI=1S/C16H16F7N3O3S/c1-26-7-10(30(27,28)24-8-15(18,19)20)6-13(26)14(29-2)25-9-3-4-12(17)11(5-9)16(21,22)23/h3-7,14,24-25H,8H2,1-2H3. The summed E-state index contributed by atoms with van der Waals surface area (Å²) < 4.78 is 121. The van der Waals surface area contributed by atoms with E-state index in [0.29, 0.717) is 12.1 Å². The van der Waals surface area contributed by atoms with E-state index in [2.05, 4.69) is 5.32 Å². The van der Waals surface area contributed by atoms with Crippen LogP contribution in [-0.4, -0.2) is 32.8 Å². The van der Waals surface area contributed by atoms with E-state index in [1.807, 2.05) is 0 Å². The predicted molar refractivity (Wildman–Crippen MR) is 91.4 cm³/mol. The summed E-state index contributed by atoms with van der Waals surface area (Å²) in [6.45, 7) is -1.78. The number of hydrogen-bond donors (Lipinski definition) is 2. The van der Waals surface area contributed by atoms with Crippen LogP contribution < -0.4 is 10.0 Å². The highest BCUT2D eigenvalue weighted by Gasteiger charge is 2.35. The van der Waals surface area contributed by atoms with Crippen LogP contribution in [0.5, 0.6) is 0 Å². The van der Waals surface area contributed by atoms with Crippen molar-refractivity contribution in [3.63, 3.8) is 0 Å². The third-order valence-corrected chi connectivity index (χ3v) is 5.23. The van der Waals surface area contributed by atoms with Gasteiger partial charge in [-0.05, 0) is 24.3 Å². The van der Waals surface area contributed by atoms with Gasteiger partial charge in [-0.3, -0.25) is 0 Å². The molecule has 2 N–H and O–H groups in total. The van der Waals surface area contributed by atoms with Gasteiger partial charge in [0.05, 0.1) is 11.3 Å². The van der Waals surface area contributed by atoms with E-state index in [-0.39, 0.29) is 11.4 Å². The van der Waals surface area contributed by atoms with E-state index in [0.717, 1.165) is 25.4 Å². The van der Waals surface area contributed by atoms with Crippen molar-refractivity contribution in [2.45, 2.75) is 23.5 Å². The molecule has 6 nitrogen and oxygen atoms in total. The molecule has 0 radical (unpaired) electrons. The van der Waals surface area contributed by atoms with Gasteiger partial charge in [0.2, 0.25) is 10.0 Å². The smallest absolute Gasteiger partial charge is 0.356 e. The second-order valence-corrected chi connectivity index (χ2v) is 7.87. The maximum atomic E-state index is 13.4. The lowest BCUT2D eigenvalue weighted by Crippen LogP contribution is -2.33. The molecular formula is C16H16F7N3O3S. The number of nitrogens with one attached hydrogen (secondary N) is 2. The maximum absolute atomic E-state index is 13.4. The zero-order valence-electron chi connectivity index (χ0n) is 15.4. The van der Waals surface area contributed by atoms with Gasteiger partial charge in [-0.25, -0.2) is 17.5 Å². The summed E-state index contributed by atoms with van der Waals surface area (Å²) >= 11 is 0. The summed E-state index contributed by atoms with van der Waals surface area (Å²) in [4.78, 5) is -0.511. The van der Waals surface area contributed by atoms with Crippen LogP contribution in [-0.2, 0) is 28.0 Å². The van der Waals surface area contributed by atoms with Crippen molar-refractivity contribution in [3.8, 4) is 0 Å². The Morgan fingerprint density at radius 1 is 1.13 bits per heavy atom. The second kappa shape index (κ2) is 8.43. The van der Waals surface area contributed by atoms with E-state index in [4.69, 9.17) is 4.74 Å². The van der Waals surface area contributed by atoms with Gasteiger partial charge in [0, 0.05) is 26.0 Å². The summed E-state index contributed by atoms with van der Waals surface area (Å²) in [5.41, 5.74) is -1.63. The normalized spacial score (nSPS) is 14.0. The lowest BCUT2D eigenvalue weighted by Gasteiger charge is -2.20. The van der Waals surface area contributed by atoms with Crippen LogP contribution in [0.25, 0.3) is 0 Å². The van der Waals surface area contributed by atoms with Crippen molar-refractivity contribution in [3.05, 3.63) is 47.5 Å². The van der Waals surface area contributed by atoms with Gasteiger partial charge in [0.25, 0.3) is 0 Å². The highest BCUT2D eigenvalue weighted by atomic mass is 32.2. The molecule has 0 saturated carbocycles. The first-order valence-electron chi connectivity index (χ1n) is 8.03. The van der Waals surface area contributed by atoms with E-state index in [9.17, 15) is 39.2 Å². The average Bonchev–Trinajstić information content (AvgIpc) is 3.00. The number of hydrogen-bond acceptors (Lipinski definition) is 4. The molecule has 2 rings (SSSR count). The summed E-state index contributed by atoms with van der Waals surface area (Å²) in [5, 5.41) is 2.54. The quantitative estimate of drug-likeness (QED) is 0.484. The van der Waals surface area contributed by atoms with Gasteiger partial charge in [-0.2, -0.15) is 26.3 Å². The Kier molecular flexibility index (Phi) is 6.73. The summed E-state index contributed by atoms with van der Waals surface area (Å²) in [6, 6.07) is 3.11. The minimum absolute atomic E-state index is 0.0720. The molecule has 1 aromatic carbocycles. The molecule has 168 valence electrons. The monoisotopic (exact) mass is 463 g/mol. The van der Waals surface area contributed by atoms with Crippen molar-refractivity contribution < 1.29 is 43.9 Å². The SMILES string of the molecule is COC(Nc1ccc(F)c(C(F)(F)F)c1)c1cc(S(=O)(=O)NCC(F)(F)F)cn1C. The molecular weight excluding hydrogens is 447 g/mol. The summed E-state index contributed by atoms with van der Waals surface area (Å²) in [5.74, 6) is -1.48. The van der Waals surface area contributed by atoms with Gasteiger partial charge in [-0.15, -0.1) is 0 Å². The van der Waals surface area contributed by atoms with E-state index >= 15 is 0 Å². The lowest BCUT2D eigenvalue weighted by molar-refractivity contribution is -0.140. The fourth-order valence-corrected chi connectivity index (χ4v) is 3.55. The van der Waals surface area contributed by atoms with Crippen LogP contribution in [0.2, 0.25) is 0 Å². The number of aryl methyl sites for hydroxylation is 1. The van der Waals surface area contributed by atoms with Crippen molar-refractivity contribution in [2.24, 2.45) is 7.05 Å². The number of benzene rings is 1. The first-order valence-corrected chi connectivity index (χ1v) is 9.51. The molecule has 1 heterocycles. The van der Waals surface area contributed by atoms with Crippen LogP contribution >= 0.6 is 0 Å². The van der Waals surface area contributed by atoms with Crippen molar-refractivity contribution in [2.75, 3.05) is 19.0 Å². The van der Waals surface area contributed by atoms with Crippen LogP contribution in [0.15, 0.2) is 35.4 Å². The third-order valence-electron chi connectivity index (χ3n) is 3.87. The molecule has 0 aliphatic carbocycles. The molecule has 1 atom stereocenters. The topological polar surface area (TPSA) is 72.4 Å². The highest BCUT2D eigenvalue weighted by molar-refractivity contribution is 7.89. The van der Waals surface area contributed by atoms with Crippen LogP contribution in [0.3, 0.4) is 0 Å². The maximum Gasteiger partial charge on any atom is 0.419 e. The number of sulfonamides is 1. The second-order valence-electron chi connectivity index (χ2n) is 6.10. The van der Waals surface area contributed by atoms with Crippen molar-refractivity contribution in [1.29, 1.82) is 0 Å². The Morgan fingerprint density at radius 3 is 2.30 bits per heavy atom. The number of methoxy groups -OCH3 is 1. The first kappa shape index (κ1) is 24.0. The number of halogens is 7. The molecule has 0 aliphatic heterocycles. The number of anilines is 1. The van der Waals surface area contributed by atoms with Gasteiger partial charge < -0.3 is 14.6 Å². The number of rotatable bonds is 7. The molecule has 0 fully saturated rings. The minimum atomic E-state index is -4.94. The van der Waals surface area contributed by atoms with E-state index < -0.39 is 51.4 Å². The van der Waals surface area contributed by atoms with E-state index in [1.54, 1.807) is 0 Å². The Balaban J connectivity index is 2.30. The molecule has 30 heavy (non-hydrogen) atoms. The summed E-state index contributed by atoms with van der Waals surface area (Å²) in [6.07, 6.45) is -9.90. The van der Waals surface area contributed by atoms with Crippen LogP contribution in [0.1, 0.15) is 17.5 Å². The van der Waals surface area contributed by atoms with Gasteiger partial charge >= 0.3 is 12.4 Å². The first-order chi connectivity index (χ1) is 13.6. The number of nitrogens with zero attached hydrogens (tertiary/aromatic N) is 1. The molecule has 0 spiro atoms. The molecule has 2 aromatic rings. The molecule has 1 aromatic heterocycles. The average molecular weight is 463 g/mol. The van der Waals surface area contributed by atoms with Gasteiger partial charge in [0.1, 0.15) is 17.3 Å². The molecule has 0 aliphatic rings. The van der Waals surface area contributed by atoms with Gasteiger partial charge in [-0.1, -0.05) is 0 Å². The van der Waals surface area contributed by atoms with Crippen LogP contribution in [0, 0.1) is 5.82 Å². The molecule has 0 saturated heterocycles. The van der Waals surface area contributed by atoms with Crippen molar-refractivity contribution >= 4 is 15.7 Å². The molecule has 1 unspecified atom stereocenters. The highest BCUT2D eigenvalue weighted by Crippen LogP contribution is 2.34. The van der Waals surface area contributed by atoms with E-state index in [1.165, 1.54) is 16.3 Å². The zero-order chi connectivity index (χ0) is 22.9. The third kappa shape index (κ3) is 5.86. The molecule has 0 amide bonds. The molecule has 14 heteroatoms. The Morgan fingerprint density at radius 2 is 1.77 bits per heavy atom. The lowest BCUT2D eigenvalue weighted by atomic mass is 10.1. The fourth-order valence-electron chi connectivity index (χ4n) is 2.46. The largest absolute Gasteiger partial charge is 0.419 e. The fraction of sp³-hybridized carbons (Fsp3) is 0.375.